The minimum Gasteiger partial charge on any atom is -0.352 e. The molecule has 0 aliphatic rings. The Labute approximate surface area is 173 Å². The van der Waals surface area contributed by atoms with Crippen LogP contribution in [0.1, 0.15) is 29.3 Å². The number of hydrogen-bond donors (Lipinski definition) is 3. The van der Waals surface area contributed by atoms with E-state index in [4.69, 9.17) is 12.2 Å². The third kappa shape index (κ3) is 7.15. The van der Waals surface area contributed by atoms with E-state index < -0.39 is 10.8 Å². The Morgan fingerprint density at radius 3 is 2.55 bits per heavy atom. The van der Waals surface area contributed by atoms with Crippen molar-refractivity contribution in [2.75, 3.05) is 11.9 Å². The number of rotatable bonds is 7. The lowest BCUT2D eigenvalue weighted by atomic mass is 10.2. The van der Waals surface area contributed by atoms with Gasteiger partial charge in [0.1, 0.15) is 0 Å². The molecule has 0 unspecified atom stereocenters. The van der Waals surface area contributed by atoms with Crippen LogP contribution in [0.3, 0.4) is 0 Å². The molecule has 29 heavy (non-hydrogen) atoms. The first-order chi connectivity index (χ1) is 13.9. The molecule has 0 aliphatic carbocycles. The summed E-state index contributed by atoms with van der Waals surface area (Å²) in [7, 11) is 0. The van der Waals surface area contributed by atoms with Gasteiger partial charge in [-0.05, 0) is 60.6 Å². The molecule has 0 saturated heterocycles. The topological polar surface area (TPSA) is 113 Å². The second-order valence-corrected chi connectivity index (χ2v) is 6.37. The number of nitro groups is 1. The summed E-state index contributed by atoms with van der Waals surface area (Å²) in [6.07, 6.45) is 3.62. The van der Waals surface area contributed by atoms with Gasteiger partial charge >= 0.3 is 0 Å². The van der Waals surface area contributed by atoms with Crippen molar-refractivity contribution in [1.29, 1.82) is 0 Å². The summed E-state index contributed by atoms with van der Waals surface area (Å²) in [5, 5.41) is 18.9. The van der Waals surface area contributed by atoms with E-state index in [1.165, 1.54) is 36.4 Å². The highest BCUT2D eigenvalue weighted by atomic mass is 32.1. The third-order valence-electron chi connectivity index (χ3n) is 3.69. The lowest BCUT2D eigenvalue weighted by molar-refractivity contribution is -0.384. The maximum atomic E-state index is 12.0. The Morgan fingerprint density at radius 2 is 1.90 bits per heavy atom. The van der Waals surface area contributed by atoms with E-state index in [1.807, 2.05) is 6.92 Å². The predicted molar refractivity (Wildman–Crippen MR) is 116 cm³/mol. The average molecular weight is 412 g/mol. The highest BCUT2D eigenvalue weighted by Crippen LogP contribution is 2.13. The summed E-state index contributed by atoms with van der Waals surface area (Å²) < 4.78 is 0. The standard InChI is InChI=1S/C20H20N4O4S/c1-2-12-21-19(26)15-4-3-5-16(13-15)22-20(29)23-18(25)11-8-14-6-9-17(10-7-14)24(27)28/h3-11,13H,2,12H2,1H3,(H,21,26)(H2,22,23,25,29)/b11-8+. The van der Waals surface area contributed by atoms with Crippen LogP contribution >= 0.6 is 12.2 Å². The summed E-state index contributed by atoms with van der Waals surface area (Å²) >= 11 is 5.12. The van der Waals surface area contributed by atoms with Gasteiger partial charge in [-0.3, -0.25) is 25.0 Å². The SMILES string of the molecule is CCCNC(=O)c1cccc(NC(=S)NC(=O)/C=C/c2ccc([N+](=O)[O-])cc2)c1. The molecule has 0 heterocycles. The summed E-state index contributed by atoms with van der Waals surface area (Å²) in [5.74, 6) is -0.644. The quantitative estimate of drug-likeness (QED) is 0.278. The van der Waals surface area contributed by atoms with Crippen LogP contribution < -0.4 is 16.0 Å². The van der Waals surface area contributed by atoms with Crippen molar-refractivity contribution < 1.29 is 14.5 Å². The molecule has 2 rings (SSSR count). The van der Waals surface area contributed by atoms with Gasteiger partial charge in [0.25, 0.3) is 11.6 Å². The van der Waals surface area contributed by atoms with Gasteiger partial charge in [0, 0.05) is 36.0 Å². The number of nitrogens with one attached hydrogen (secondary N) is 3. The Balaban J connectivity index is 1.90. The van der Waals surface area contributed by atoms with Gasteiger partial charge in [0.05, 0.1) is 4.92 Å². The largest absolute Gasteiger partial charge is 0.352 e. The number of benzene rings is 2. The molecule has 150 valence electrons. The molecule has 0 bridgehead atoms. The van der Waals surface area contributed by atoms with Crippen LogP contribution in [0.25, 0.3) is 6.08 Å². The van der Waals surface area contributed by atoms with Crippen molar-refractivity contribution in [3.63, 3.8) is 0 Å². The Bertz CT molecular complexity index is 942. The number of amides is 2. The molecule has 3 N–H and O–H groups in total. The molecule has 0 saturated carbocycles. The van der Waals surface area contributed by atoms with Crippen LogP contribution in [0.4, 0.5) is 11.4 Å². The van der Waals surface area contributed by atoms with E-state index >= 15 is 0 Å². The second kappa shape index (κ2) is 10.7. The zero-order valence-corrected chi connectivity index (χ0v) is 16.5. The molecule has 9 heteroatoms. The number of hydrogen-bond acceptors (Lipinski definition) is 5. The van der Waals surface area contributed by atoms with Crippen LogP contribution in [0.5, 0.6) is 0 Å². The molecule has 0 aliphatic heterocycles. The predicted octanol–water partition coefficient (Wildman–Crippen LogP) is 3.26. The van der Waals surface area contributed by atoms with Crippen molar-refractivity contribution in [1.82, 2.24) is 10.6 Å². The molecule has 0 aromatic heterocycles. The van der Waals surface area contributed by atoms with Crippen molar-refractivity contribution in [2.24, 2.45) is 0 Å². The van der Waals surface area contributed by atoms with Crippen LogP contribution in [0, 0.1) is 10.1 Å². The number of anilines is 1. The molecule has 0 fully saturated rings. The maximum absolute atomic E-state index is 12.0. The highest BCUT2D eigenvalue weighted by Gasteiger charge is 2.07. The Kier molecular flexibility index (Phi) is 7.99. The van der Waals surface area contributed by atoms with Gasteiger partial charge in [0.15, 0.2) is 5.11 Å². The minimum absolute atomic E-state index is 0.0254. The first-order valence-electron chi connectivity index (χ1n) is 8.82. The Hall–Kier alpha value is -3.59. The molecule has 0 radical (unpaired) electrons. The summed E-state index contributed by atoms with van der Waals surface area (Å²) in [6.45, 7) is 2.56. The fourth-order valence-electron chi connectivity index (χ4n) is 2.27. The molecule has 0 spiro atoms. The van der Waals surface area contributed by atoms with Crippen molar-refractivity contribution in [3.05, 3.63) is 75.8 Å². The summed E-state index contributed by atoms with van der Waals surface area (Å²) in [4.78, 5) is 34.1. The van der Waals surface area contributed by atoms with Crippen LogP contribution in [-0.4, -0.2) is 28.4 Å². The molecule has 2 amide bonds. The minimum atomic E-state index is -0.493. The normalized spacial score (nSPS) is 10.4. The highest BCUT2D eigenvalue weighted by molar-refractivity contribution is 7.80. The number of nitro benzene ring substituents is 1. The maximum Gasteiger partial charge on any atom is 0.269 e. The van der Waals surface area contributed by atoms with E-state index in [-0.39, 0.29) is 16.7 Å². The van der Waals surface area contributed by atoms with Crippen LogP contribution in [0.15, 0.2) is 54.6 Å². The van der Waals surface area contributed by atoms with E-state index in [1.54, 1.807) is 24.3 Å². The van der Waals surface area contributed by atoms with Gasteiger partial charge in [-0.2, -0.15) is 0 Å². The number of thiocarbonyl (C=S) groups is 1. The van der Waals surface area contributed by atoms with Crippen molar-refractivity contribution >= 4 is 46.6 Å². The van der Waals surface area contributed by atoms with Gasteiger partial charge in [-0.1, -0.05) is 13.0 Å². The summed E-state index contributed by atoms with van der Waals surface area (Å²) in [5.41, 5.74) is 1.66. The molecular formula is C20H20N4O4S. The fraction of sp³-hybridized carbons (Fsp3) is 0.150. The molecule has 0 atom stereocenters. The van der Waals surface area contributed by atoms with E-state index in [0.29, 0.717) is 23.4 Å². The molecular weight excluding hydrogens is 392 g/mol. The number of non-ortho nitro benzene ring substituents is 1. The smallest absolute Gasteiger partial charge is 0.269 e. The third-order valence-corrected chi connectivity index (χ3v) is 3.89. The first kappa shape index (κ1) is 21.7. The average Bonchev–Trinajstić information content (AvgIpc) is 2.70. The van der Waals surface area contributed by atoms with Crippen LogP contribution in [-0.2, 0) is 4.79 Å². The van der Waals surface area contributed by atoms with E-state index in [9.17, 15) is 19.7 Å². The first-order valence-corrected chi connectivity index (χ1v) is 9.22. The molecule has 8 nitrogen and oxygen atoms in total. The van der Waals surface area contributed by atoms with Gasteiger partial charge in [0.2, 0.25) is 5.91 Å². The number of carbonyl (C=O) groups is 2. The summed E-state index contributed by atoms with van der Waals surface area (Å²) in [6, 6.07) is 12.5. The Morgan fingerprint density at radius 1 is 1.17 bits per heavy atom. The monoisotopic (exact) mass is 412 g/mol. The lowest BCUT2D eigenvalue weighted by Crippen LogP contribution is -2.33. The zero-order chi connectivity index (χ0) is 21.2. The lowest BCUT2D eigenvalue weighted by Gasteiger charge is -2.10. The van der Waals surface area contributed by atoms with Gasteiger partial charge in [-0.25, -0.2) is 0 Å². The van der Waals surface area contributed by atoms with Crippen molar-refractivity contribution in [2.45, 2.75) is 13.3 Å². The van der Waals surface area contributed by atoms with Gasteiger partial charge < -0.3 is 10.6 Å². The number of nitrogens with zero attached hydrogens (tertiary/aromatic N) is 1. The van der Waals surface area contributed by atoms with Crippen LogP contribution in [0.2, 0.25) is 0 Å². The van der Waals surface area contributed by atoms with Crippen molar-refractivity contribution in [3.8, 4) is 0 Å². The second-order valence-electron chi connectivity index (χ2n) is 5.96. The van der Waals surface area contributed by atoms with Gasteiger partial charge in [-0.15, -0.1) is 0 Å². The van der Waals surface area contributed by atoms with E-state index in [2.05, 4.69) is 16.0 Å². The number of carbonyl (C=O) groups excluding carboxylic acids is 2. The zero-order valence-electron chi connectivity index (χ0n) is 15.7. The molecule has 2 aromatic rings. The fourth-order valence-corrected chi connectivity index (χ4v) is 2.49. The van der Waals surface area contributed by atoms with E-state index in [0.717, 1.165) is 6.42 Å². The molecule has 2 aromatic carbocycles.